The fourth-order valence-corrected chi connectivity index (χ4v) is 2.41. The zero-order valence-electron chi connectivity index (χ0n) is 8.79. The van der Waals surface area contributed by atoms with Crippen molar-refractivity contribution in [1.82, 2.24) is 0 Å². The van der Waals surface area contributed by atoms with Crippen molar-refractivity contribution < 1.29 is 25.8 Å². The second-order valence-electron chi connectivity index (χ2n) is 3.96. The summed E-state index contributed by atoms with van der Waals surface area (Å²) in [6.07, 6.45) is 4.30. The second-order valence-corrected chi connectivity index (χ2v) is 5.53. The number of rotatable bonds is 2. The van der Waals surface area contributed by atoms with E-state index in [1.54, 1.807) is 0 Å². The van der Waals surface area contributed by atoms with Crippen molar-refractivity contribution in [3.63, 3.8) is 0 Å². The van der Waals surface area contributed by atoms with Gasteiger partial charge >= 0.3 is 15.6 Å². The van der Waals surface area contributed by atoms with E-state index in [1.165, 1.54) is 0 Å². The first-order chi connectivity index (χ1) is 7.33. The molecule has 0 spiro atoms. The van der Waals surface area contributed by atoms with Gasteiger partial charge in [0.25, 0.3) is 0 Å². The highest BCUT2D eigenvalue weighted by atomic mass is 32.2. The standard InChI is InChI=1S/C9H15F3O3S/c10-9(11,12)16(13,14)15-8-6-4-2-1-3-5-7-8/h8H,1-7H2. The third-order valence-electron chi connectivity index (χ3n) is 2.60. The maximum Gasteiger partial charge on any atom is 0.523 e. The van der Waals surface area contributed by atoms with Gasteiger partial charge in [0.1, 0.15) is 0 Å². The van der Waals surface area contributed by atoms with Crippen LogP contribution in [0.25, 0.3) is 0 Å². The molecule has 0 aliphatic heterocycles. The second kappa shape index (κ2) is 5.35. The minimum absolute atomic E-state index is 0.384. The minimum atomic E-state index is -5.43. The van der Waals surface area contributed by atoms with Crippen LogP contribution < -0.4 is 0 Å². The fraction of sp³-hybridized carbons (Fsp3) is 1.00. The molecule has 96 valence electrons. The monoisotopic (exact) mass is 260 g/mol. The molecule has 0 amide bonds. The van der Waals surface area contributed by atoms with Gasteiger partial charge in [0.15, 0.2) is 0 Å². The molecule has 1 aliphatic carbocycles. The van der Waals surface area contributed by atoms with Gasteiger partial charge in [-0.15, -0.1) is 0 Å². The quantitative estimate of drug-likeness (QED) is 0.566. The van der Waals surface area contributed by atoms with Crippen molar-refractivity contribution >= 4 is 10.1 Å². The summed E-state index contributed by atoms with van der Waals surface area (Å²) in [6, 6.07) is 0. The van der Waals surface area contributed by atoms with Crippen molar-refractivity contribution in [1.29, 1.82) is 0 Å². The molecule has 0 N–H and O–H groups in total. The molecule has 0 bridgehead atoms. The molecule has 0 saturated heterocycles. The molecule has 1 rings (SSSR count). The summed E-state index contributed by atoms with van der Waals surface area (Å²) in [5.74, 6) is 0. The molecule has 1 fully saturated rings. The zero-order chi connectivity index (χ0) is 12.2. The lowest BCUT2D eigenvalue weighted by molar-refractivity contribution is -0.0581. The molecule has 0 heterocycles. The van der Waals surface area contributed by atoms with Crippen molar-refractivity contribution in [3.05, 3.63) is 0 Å². The number of hydrogen-bond donors (Lipinski definition) is 0. The molecule has 0 aromatic rings. The van der Waals surface area contributed by atoms with Gasteiger partial charge in [-0.3, -0.25) is 4.18 Å². The summed E-state index contributed by atoms with van der Waals surface area (Å²) >= 11 is 0. The lowest BCUT2D eigenvalue weighted by Crippen LogP contribution is -2.30. The highest BCUT2D eigenvalue weighted by molar-refractivity contribution is 7.87. The predicted octanol–water partition coefficient (Wildman–Crippen LogP) is 2.97. The molecule has 1 aliphatic rings. The van der Waals surface area contributed by atoms with E-state index in [1.807, 2.05) is 0 Å². The average molecular weight is 260 g/mol. The Morgan fingerprint density at radius 2 is 1.38 bits per heavy atom. The Hall–Kier alpha value is -0.300. The van der Waals surface area contributed by atoms with E-state index < -0.39 is 21.7 Å². The Bertz CT molecular complexity index is 302. The van der Waals surface area contributed by atoms with Crippen LogP contribution in [-0.4, -0.2) is 20.0 Å². The molecular weight excluding hydrogens is 245 g/mol. The van der Waals surface area contributed by atoms with Crippen LogP contribution in [0.3, 0.4) is 0 Å². The fourth-order valence-electron chi connectivity index (χ4n) is 1.75. The molecule has 0 radical (unpaired) electrons. The first kappa shape index (κ1) is 13.8. The number of halogens is 3. The van der Waals surface area contributed by atoms with Gasteiger partial charge in [-0.2, -0.15) is 21.6 Å². The van der Waals surface area contributed by atoms with E-state index in [0.717, 1.165) is 32.1 Å². The van der Waals surface area contributed by atoms with Crippen LogP contribution in [0.1, 0.15) is 44.9 Å². The third kappa shape index (κ3) is 3.93. The minimum Gasteiger partial charge on any atom is -0.260 e. The van der Waals surface area contributed by atoms with E-state index >= 15 is 0 Å². The van der Waals surface area contributed by atoms with E-state index in [0.29, 0.717) is 12.8 Å². The van der Waals surface area contributed by atoms with E-state index in [2.05, 4.69) is 4.18 Å². The van der Waals surface area contributed by atoms with E-state index in [9.17, 15) is 21.6 Å². The Labute approximate surface area is 93.1 Å². The number of alkyl halides is 3. The van der Waals surface area contributed by atoms with E-state index in [4.69, 9.17) is 0 Å². The summed E-state index contributed by atoms with van der Waals surface area (Å²) in [6.45, 7) is 0. The van der Waals surface area contributed by atoms with Crippen LogP contribution in [0.4, 0.5) is 13.2 Å². The SMILES string of the molecule is O=S(=O)(OC1CCCCCCC1)C(F)(F)F. The average Bonchev–Trinajstić information content (AvgIpc) is 2.07. The summed E-state index contributed by atoms with van der Waals surface area (Å²) in [4.78, 5) is 0. The molecule has 0 unspecified atom stereocenters. The molecule has 0 aromatic carbocycles. The lowest BCUT2D eigenvalue weighted by atomic mass is 9.99. The Morgan fingerprint density at radius 3 is 1.81 bits per heavy atom. The Morgan fingerprint density at radius 1 is 0.938 bits per heavy atom. The normalized spacial score (nSPS) is 21.4. The van der Waals surface area contributed by atoms with Gasteiger partial charge in [0.05, 0.1) is 6.10 Å². The van der Waals surface area contributed by atoms with E-state index in [-0.39, 0.29) is 0 Å². The molecule has 16 heavy (non-hydrogen) atoms. The highest BCUT2D eigenvalue weighted by Crippen LogP contribution is 2.29. The maximum absolute atomic E-state index is 12.1. The van der Waals surface area contributed by atoms with Gasteiger partial charge in [-0.05, 0) is 12.8 Å². The first-order valence-electron chi connectivity index (χ1n) is 5.32. The molecule has 7 heteroatoms. The summed E-state index contributed by atoms with van der Waals surface area (Å²) < 4.78 is 61.9. The largest absolute Gasteiger partial charge is 0.523 e. The summed E-state index contributed by atoms with van der Waals surface area (Å²) in [5.41, 5.74) is -5.31. The van der Waals surface area contributed by atoms with Crippen LogP contribution in [0, 0.1) is 0 Å². The Kier molecular flexibility index (Phi) is 4.61. The predicted molar refractivity (Wildman–Crippen MR) is 52.2 cm³/mol. The summed E-state index contributed by atoms with van der Waals surface area (Å²) in [5, 5.41) is 0. The van der Waals surface area contributed by atoms with Crippen LogP contribution in [0.15, 0.2) is 0 Å². The van der Waals surface area contributed by atoms with Crippen LogP contribution in [0.2, 0.25) is 0 Å². The van der Waals surface area contributed by atoms with Gasteiger partial charge in [-0.1, -0.05) is 32.1 Å². The first-order valence-corrected chi connectivity index (χ1v) is 6.73. The molecule has 1 saturated carbocycles. The zero-order valence-corrected chi connectivity index (χ0v) is 9.61. The Balaban J connectivity index is 2.58. The van der Waals surface area contributed by atoms with Gasteiger partial charge in [0.2, 0.25) is 0 Å². The topological polar surface area (TPSA) is 43.4 Å². The third-order valence-corrected chi connectivity index (χ3v) is 3.69. The molecule has 0 atom stereocenters. The van der Waals surface area contributed by atoms with Gasteiger partial charge in [0, 0.05) is 0 Å². The number of hydrogen-bond acceptors (Lipinski definition) is 3. The van der Waals surface area contributed by atoms with Crippen LogP contribution in [0.5, 0.6) is 0 Å². The van der Waals surface area contributed by atoms with Crippen LogP contribution in [-0.2, 0) is 14.3 Å². The molecule has 0 aromatic heterocycles. The highest BCUT2D eigenvalue weighted by Gasteiger charge is 2.48. The van der Waals surface area contributed by atoms with Crippen molar-refractivity contribution in [2.24, 2.45) is 0 Å². The van der Waals surface area contributed by atoms with Crippen LogP contribution >= 0.6 is 0 Å². The lowest BCUT2D eigenvalue weighted by Gasteiger charge is -2.20. The van der Waals surface area contributed by atoms with Crippen molar-refractivity contribution in [2.45, 2.75) is 56.6 Å². The van der Waals surface area contributed by atoms with Gasteiger partial charge in [-0.25, -0.2) is 0 Å². The smallest absolute Gasteiger partial charge is 0.260 e. The molecule has 3 nitrogen and oxygen atoms in total. The summed E-state index contributed by atoms with van der Waals surface area (Å²) in [7, 11) is -5.43. The van der Waals surface area contributed by atoms with Gasteiger partial charge < -0.3 is 0 Å². The van der Waals surface area contributed by atoms with Crippen molar-refractivity contribution in [2.75, 3.05) is 0 Å². The van der Waals surface area contributed by atoms with Crippen molar-refractivity contribution in [3.8, 4) is 0 Å². The maximum atomic E-state index is 12.1. The molecular formula is C9H15F3O3S.